The van der Waals surface area contributed by atoms with Crippen molar-refractivity contribution in [1.82, 2.24) is 5.43 Å². The maximum absolute atomic E-state index is 12.4. The number of hydrazone groups is 1. The summed E-state index contributed by atoms with van der Waals surface area (Å²) in [7, 11) is 0. The van der Waals surface area contributed by atoms with Crippen molar-refractivity contribution < 1.29 is 19.4 Å². The molecule has 6 nitrogen and oxygen atoms in total. The Morgan fingerprint density at radius 2 is 1.86 bits per heavy atom. The fourth-order valence-corrected chi connectivity index (χ4v) is 3.19. The Bertz CT molecular complexity index is 913. The van der Waals surface area contributed by atoms with Gasteiger partial charge in [-0.2, -0.15) is 5.10 Å². The Kier molecular flexibility index (Phi) is 6.01. The first-order valence-electron chi connectivity index (χ1n) is 9.62. The zero-order chi connectivity index (χ0) is 21.0. The Morgan fingerprint density at radius 3 is 2.52 bits per heavy atom. The van der Waals surface area contributed by atoms with Crippen molar-refractivity contribution in [3.8, 4) is 5.75 Å². The van der Waals surface area contributed by atoms with Crippen LogP contribution in [0.5, 0.6) is 5.75 Å². The number of aliphatic carboxylic acids is 1. The van der Waals surface area contributed by atoms with Crippen LogP contribution in [-0.2, 0) is 15.0 Å². The largest absolute Gasteiger partial charge is 0.481 e. The molecule has 1 aliphatic rings. The number of carboxylic acids is 1. The number of para-hydroxylation sites is 1. The van der Waals surface area contributed by atoms with E-state index in [1.165, 1.54) is 17.3 Å². The maximum atomic E-state index is 12.4. The minimum Gasteiger partial charge on any atom is -0.481 e. The van der Waals surface area contributed by atoms with Crippen molar-refractivity contribution in [3.05, 3.63) is 65.2 Å². The second-order valence-electron chi connectivity index (χ2n) is 8.28. The van der Waals surface area contributed by atoms with Crippen LogP contribution < -0.4 is 10.2 Å². The SMILES string of the molecule is CC(C)(C)c1ccc(C2CC2C(=O)N/N=C/c2ccccc2OCC(=O)O)cc1. The van der Waals surface area contributed by atoms with Crippen LogP contribution in [0, 0.1) is 5.92 Å². The molecular formula is C23H26N2O4. The monoisotopic (exact) mass is 394 g/mol. The summed E-state index contributed by atoms with van der Waals surface area (Å²) >= 11 is 0. The molecule has 2 N–H and O–H groups in total. The molecule has 152 valence electrons. The van der Waals surface area contributed by atoms with E-state index >= 15 is 0 Å². The quantitative estimate of drug-likeness (QED) is 0.554. The summed E-state index contributed by atoms with van der Waals surface area (Å²) in [6.07, 6.45) is 2.28. The molecule has 2 aromatic carbocycles. The highest BCUT2D eigenvalue weighted by molar-refractivity contribution is 5.87. The van der Waals surface area contributed by atoms with Gasteiger partial charge in [0.1, 0.15) is 5.75 Å². The summed E-state index contributed by atoms with van der Waals surface area (Å²) in [5.41, 5.74) is 5.73. The summed E-state index contributed by atoms with van der Waals surface area (Å²) in [6.45, 7) is 6.10. The van der Waals surface area contributed by atoms with Crippen LogP contribution in [0.2, 0.25) is 0 Å². The van der Waals surface area contributed by atoms with Gasteiger partial charge in [-0.05, 0) is 41.0 Å². The minimum absolute atomic E-state index is 0.0776. The number of nitrogens with zero attached hydrogens (tertiary/aromatic N) is 1. The number of carbonyl (C=O) groups excluding carboxylic acids is 1. The standard InChI is InChI=1S/C23H26N2O4/c1-23(2,3)17-10-8-15(9-11-17)18-12-19(18)22(28)25-24-13-16-6-4-5-7-20(16)29-14-21(26)27/h4-11,13,18-19H,12,14H2,1-3H3,(H,25,28)(H,26,27)/b24-13+. The summed E-state index contributed by atoms with van der Waals surface area (Å²) < 4.78 is 5.22. The van der Waals surface area contributed by atoms with Crippen LogP contribution in [0.4, 0.5) is 0 Å². The molecule has 2 aromatic rings. The summed E-state index contributed by atoms with van der Waals surface area (Å²) in [6, 6.07) is 15.4. The van der Waals surface area contributed by atoms with Gasteiger partial charge in [-0.3, -0.25) is 4.79 Å². The van der Waals surface area contributed by atoms with Gasteiger partial charge in [0, 0.05) is 11.5 Å². The van der Waals surface area contributed by atoms with E-state index in [9.17, 15) is 9.59 Å². The van der Waals surface area contributed by atoms with Crippen molar-refractivity contribution in [2.75, 3.05) is 6.61 Å². The van der Waals surface area contributed by atoms with Gasteiger partial charge in [0.15, 0.2) is 6.61 Å². The van der Waals surface area contributed by atoms with Gasteiger partial charge in [-0.1, -0.05) is 57.2 Å². The van der Waals surface area contributed by atoms with Crippen LogP contribution in [0.3, 0.4) is 0 Å². The summed E-state index contributed by atoms with van der Waals surface area (Å²) in [5, 5.41) is 12.8. The first-order valence-corrected chi connectivity index (χ1v) is 9.62. The van der Waals surface area contributed by atoms with Gasteiger partial charge in [0.2, 0.25) is 5.91 Å². The normalized spacial score (nSPS) is 18.4. The molecule has 1 saturated carbocycles. The van der Waals surface area contributed by atoms with Crippen molar-refractivity contribution in [1.29, 1.82) is 0 Å². The molecule has 29 heavy (non-hydrogen) atoms. The van der Waals surface area contributed by atoms with E-state index < -0.39 is 12.6 Å². The smallest absolute Gasteiger partial charge is 0.341 e. The summed E-state index contributed by atoms with van der Waals surface area (Å²) in [5.74, 6) is -0.622. The molecule has 2 unspecified atom stereocenters. The minimum atomic E-state index is -1.06. The molecule has 0 aliphatic heterocycles. The van der Waals surface area contributed by atoms with Crippen LogP contribution in [-0.4, -0.2) is 29.8 Å². The average molecular weight is 394 g/mol. The Labute approximate surface area is 170 Å². The number of benzene rings is 2. The van der Waals surface area contributed by atoms with Gasteiger partial charge in [-0.25, -0.2) is 10.2 Å². The number of hydrogen-bond donors (Lipinski definition) is 2. The molecule has 1 fully saturated rings. The first-order chi connectivity index (χ1) is 13.8. The zero-order valence-corrected chi connectivity index (χ0v) is 16.9. The first kappa shape index (κ1) is 20.6. The molecule has 3 rings (SSSR count). The third-order valence-electron chi connectivity index (χ3n) is 4.98. The van der Waals surface area contributed by atoms with E-state index in [0.29, 0.717) is 11.3 Å². The molecule has 0 spiro atoms. The second kappa shape index (κ2) is 8.47. The molecular weight excluding hydrogens is 368 g/mol. The lowest BCUT2D eigenvalue weighted by Gasteiger charge is -2.19. The van der Waals surface area contributed by atoms with Crippen LogP contribution in [0.15, 0.2) is 53.6 Å². The maximum Gasteiger partial charge on any atom is 0.341 e. The molecule has 0 aromatic heterocycles. The van der Waals surface area contributed by atoms with Crippen LogP contribution >= 0.6 is 0 Å². The topological polar surface area (TPSA) is 88.0 Å². The number of carbonyl (C=O) groups is 2. The van der Waals surface area contributed by atoms with E-state index in [0.717, 1.165) is 6.42 Å². The van der Waals surface area contributed by atoms with E-state index in [2.05, 4.69) is 55.6 Å². The van der Waals surface area contributed by atoms with E-state index in [-0.39, 0.29) is 23.2 Å². The second-order valence-corrected chi connectivity index (χ2v) is 8.28. The molecule has 6 heteroatoms. The number of rotatable bonds is 7. The molecule has 2 atom stereocenters. The number of hydrogen-bond acceptors (Lipinski definition) is 4. The lowest BCUT2D eigenvalue weighted by Crippen LogP contribution is -2.20. The van der Waals surface area contributed by atoms with Gasteiger partial charge in [0.25, 0.3) is 0 Å². The molecule has 0 heterocycles. The highest BCUT2D eigenvalue weighted by Crippen LogP contribution is 2.47. The molecule has 0 radical (unpaired) electrons. The Morgan fingerprint density at radius 1 is 1.17 bits per heavy atom. The highest BCUT2D eigenvalue weighted by Gasteiger charge is 2.44. The van der Waals surface area contributed by atoms with E-state index in [1.54, 1.807) is 24.3 Å². The number of nitrogens with one attached hydrogen (secondary N) is 1. The van der Waals surface area contributed by atoms with Crippen LogP contribution in [0.25, 0.3) is 0 Å². The van der Waals surface area contributed by atoms with Gasteiger partial charge >= 0.3 is 5.97 Å². The molecule has 1 amide bonds. The number of amides is 1. The van der Waals surface area contributed by atoms with Crippen molar-refractivity contribution in [2.24, 2.45) is 11.0 Å². The Balaban J connectivity index is 1.55. The predicted octanol–water partition coefficient (Wildman–Crippen LogP) is 3.70. The summed E-state index contributed by atoms with van der Waals surface area (Å²) in [4.78, 5) is 23.0. The van der Waals surface area contributed by atoms with E-state index in [4.69, 9.17) is 9.84 Å². The van der Waals surface area contributed by atoms with Gasteiger partial charge < -0.3 is 9.84 Å². The highest BCUT2D eigenvalue weighted by atomic mass is 16.5. The number of ether oxygens (including phenoxy) is 1. The molecule has 0 bridgehead atoms. The Hall–Kier alpha value is -3.15. The van der Waals surface area contributed by atoms with E-state index in [1.807, 2.05) is 0 Å². The van der Waals surface area contributed by atoms with Crippen molar-refractivity contribution >= 4 is 18.1 Å². The zero-order valence-electron chi connectivity index (χ0n) is 16.9. The van der Waals surface area contributed by atoms with Gasteiger partial charge in [-0.15, -0.1) is 0 Å². The fraction of sp³-hybridized carbons (Fsp3) is 0.348. The van der Waals surface area contributed by atoms with Gasteiger partial charge in [0.05, 0.1) is 6.21 Å². The average Bonchev–Trinajstić information content (AvgIpc) is 3.47. The molecule has 1 aliphatic carbocycles. The predicted molar refractivity (Wildman–Crippen MR) is 111 cm³/mol. The van der Waals surface area contributed by atoms with Crippen molar-refractivity contribution in [3.63, 3.8) is 0 Å². The lowest BCUT2D eigenvalue weighted by molar-refractivity contribution is -0.139. The fourth-order valence-electron chi connectivity index (χ4n) is 3.19. The van der Waals surface area contributed by atoms with Crippen LogP contribution in [0.1, 0.15) is 49.8 Å². The lowest BCUT2D eigenvalue weighted by atomic mass is 9.86. The van der Waals surface area contributed by atoms with Crippen molar-refractivity contribution in [2.45, 2.75) is 38.5 Å². The number of carboxylic acid groups (broad SMARTS) is 1. The molecule has 0 saturated heterocycles. The third-order valence-corrected chi connectivity index (χ3v) is 4.98. The third kappa shape index (κ3) is 5.44.